The summed E-state index contributed by atoms with van der Waals surface area (Å²) in [7, 11) is -9.55. The standard InChI is InChI=1S/C32H56N8O6S2.Pb.2H/c41-47(42,43)22-14-13-21-23(24(22)48(44,45)46)32-39-30-20-12-6-5-11-19(20)28(37-30)35-26-16-8-2-1-7-15(16)25(33-26)34-27-17-9-3-4-10-18(17)29(36-27)38-31(21)40-32;;;/h15-40H,1-14H2,(H,41,42,43)(H,44,45,46);;;. The molecule has 9 fully saturated rings. The molecule has 4 saturated carbocycles. The summed E-state index contributed by atoms with van der Waals surface area (Å²) in [6.45, 7) is 0. The molecule has 14 nitrogen and oxygen atoms in total. The average molecular weight is 922 g/mol. The van der Waals surface area contributed by atoms with E-state index < -0.39 is 42.8 Å². The minimum absolute atomic E-state index is 0. The van der Waals surface area contributed by atoms with Crippen molar-refractivity contribution >= 4 is 47.5 Å². The Hall–Kier alpha value is 0.422. The molecule has 17 heteroatoms. The number of rotatable bonds is 2. The van der Waals surface area contributed by atoms with Gasteiger partial charge in [0.05, 0.1) is 49.3 Å². The predicted molar refractivity (Wildman–Crippen MR) is 187 cm³/mol. The third-order valence-electron chi connectivity index (χ3n) is 14.6. The summed E-state index contributed by atoms with van der Waals surface area (Å²) in [6.07, 6.45) is 14.1. The third kappa shape index (κ3) is 6.53. The topological polar surface area (TPSA) is 205 Å². The zero-order valence-corrected chi connectivity index (χ0v) is 35.5. The van der Waals surface area contributed by atoms with Crippen LogP contribution in [-0.2, 0) is 20.2 Å². The van der Waals surface area contributed by atoms with Crippen LogP contribution in [0.25, 0.3) is 0 Å². The Labute approximate surface area is 311 Å². The summed E-state index contributed by atoms with van der Waals surface area (Å²) in [6, 6.07) is 0. The summed E-state index contributed by atoms with van der Waals surface area (Å²) >= 11 is 0. The molecular weight excluding hydrogens is 864 g/mol. The molecule has 5 saturated heterocycles. The Morgan fingerprint density at radius 3 is 0.939 bits per heavy atom. The normalized spacial score (nSPS) is 52.7. The first kappa shape index (κ1) is 36.4. The number of nitrogens with one attached hydrogen (secondary N) is 8. The average Bonchev–Trinajstić information content (AvgIpc) is 3.79. The van der Waals surface area contributed by atoms with Crippen molar-refractivity contribution in [2.45, 2.75) is 150 Å². The molecule has 49 heavy (non-hydrogen) atoms. The van der Waals surface area contributed by atoms with Crippen LogP contribution in [0, 0.1) is 47.3 Å². The fourth-order valence-electron chi connectivity index (χ4n) is 12.7. The maximum atomic E-state index is 13.1. The number of fused-ring (bicyclic) bond motifs is 20. The van der Waals surface area contributed by atoms with Crippen LogP contribution < -0.4 is 42.5 Å². The molecule has 18 atom stereocenters. The van der Waals surface area contributed by atoms with Crippen LogP contribution in [0.3, 0.4) is 0 Å². The Kier molecular flexibility index (Phi) is 10.3. The SMILES string of the molecule is O=S(=O)(O)C1CCC2C3NC4NC(NC5NC(NC6NC(NC(N3)C2C1S(=O)(=O)O)C1CCCCC61)C1CCCCC51)C1CCCCC41.[PbH2]. The van der Waals surface area contributed by atoms with Gasteiger partial charge < -0.3 is 0 Å². The molecule has 2 radical (unpaired) electrons. The van der Waals surface area contributed by atoms with Gasteiger partial charge >= 0.3 is 27.3 Å². The van der Waals surface area contributed by atoms with Crippen LogP contribution in [0.2, 0.25) is 0 Å². The molecule has 0 aromatic carbocycles. The quantitative estimate of drug-likeness (QED) is 0.125. The van der Waals surface area contributed by atoms with Crippen molar-refractivity contribution in [1.82, 2.24) is 42.5 Å². The second-order valence-corrected chi connectivity index (χ2v) is 20.1. The third-order valence-corrected chi connectivity index (χ3v) is 17.4. The zero-order chi connectivity index (χ0) is 32.9. The summed E-state index contributed by atoms with van der Waals surface area (Å²) < 4.78 is 72.3. The molecule has 4 aliphatic carbocycles. The molecule has 0 aromatic heterocycles. The van der Waals surface area contributed by atoms with Crippen molar-refractivity contribution in [1.29, 1.82) is 0 Å². The number of hydrogen-bond donors (Lipinski definition) is 10. The van der Waals surface area contributed by atoms with Crippen LogP contribution in [0.15, 0.2) is 0 Å². The van der Waals surface area contributed by atoms with Gasteiger partial charge in [-0.2, -0.15) is 16.8 Å². The molecule has 9 rings (SSSR count). The molecular formula is C32H58N8O6PbS2. The van der Waals surface area contributed by atoms with Crippen LogP contribution in [0.1, 0.15) is 89.9 Å². The van der Waals surface area contributed by atoms with Gasteiger partial charge in [-0.25, -0.2) is 0 Å². The van der Waals surface area contributed by atoms with E-state index in [4.69, 9.17) is 0 Å². The Morgan fingerprint density at radius 1 is 0.367 bits per heavy atom. The molecule has 0 spiro atoms. The van der Waals surface area contributed by atoms with Crippen molar-refractivity contribution < 1.29 is 25.9 Å². The minimum atomic E-state index is -4.83. The first-order chi connectivity index (χ1) is 23.0. The molecule has 0 aromatic rings. The summed E-state index contributed by atoms with van der Waals surface area (Å²) in [5.41, 5.74) is 0. The van der Waals surface area contributed by atoms with Crippen molar-refractivity contribution in [3.63, 3.8) is 0 Å². The van der Waals surface area contributed by atoms with Crippen LogP contribution >= 0.6 is 0 Å². The van der Waals surface area contributed by atoms with Crippen LogP contribution in [-0.4, -0.2) is 113 Å². The van der Waals surface area contributed by atoms with Crippen molar-refractivity contribution in [2.24, 2.45) is 47.3 Å². The van der Waals surface area contributed by atoms with Gasteiger partial charge in [0.2, 0.25) is 0 Å². The Morgan fingerprint density at radius 2 is 0.653 bits per heavy atom. The van der Waals surface area contributed by atoms with Crippen LogP contribution in [0.4, 0.5) is 0 Å². The fourth-order valence-corrected chi connectivity index (χ4v) is 15.7. The van der Waals surface area contributed by atoms with Gasteiger partial charge in [-0.1, -0.05) is 38.5 Å². The van der Waals surface area contributed by atoms with E-state index in [-0.39, 0.29) is 82.8 Å². The number of hydrogen-bond acceptors (Lipinski definition) is 12. The summed E-state index contributed by atoms with van der Waals surface area (Å²) in [4.78, 5) is 0. The summed E-state index contributed by atoms with van der Waals surface area (Å²) in [5, 5.41) is 28.3. The van der Waals surface area contributed by atoms with Gasteiger partial charge in [0, 0.05) is 5.92 Å². The van der Waals surface area contributed by atoms with Gasteiger partial charge in [-0.15, -0.1) is 0 Å². The second kappa shape index (κ2) is 13.9. The Bertz CT molecular complexity index is 1450. The van der Waals surface area contributed by atoms with E-state index in [2.05, 4.69) is 42.5 Å². The molecule has 5 heterocycles. The first-order valence-electron chi connectivity index (χ1n) is 19.1. The molecule has 0 amide bonds. The van der Waals surface area contributed by atoms with E-state index in [1.807, 2.05) is 0 Å². The molecule has 10 N–H and O–H groups in total. The molecule has 18 unspecified atom stereocenters. The van der Waals surface area contributed by atoms with Crippen LogP contribution in [0.5, 0.6) is 0 Å². The van der Waals surface area contributed by atoms with E-state index in [0.717, 1.165) is 32.1 Å². The molecule has 278 valence electrons. The summed E-state index contributed by atoms with van der Waals surface area (Å²) in [5.74, 6) is 1.70. The maximum absolute atomic E-state index is 13.1. The van der Waals surface area contributed by atoms with E-state index in [9.17, 15) is 25.9 Å². The fraction of sp³-hybridized carbons (Fsp3) is 1.00. The second-order valence-electron chi connectivity index (χ2n) is 16.8. The van der Waals surface area contributed by atoms with Gasteiger partial charge in [0.1, 0.15) is 10.5 Å². The first-order valence-corrected chi connectivity index (χ1v) is 22.1. The van der Waals surface area contributed by atoms with Gasteiger partial charge in [-0.05, 0) is 92.8 Å². The molecule has 9 aliphatic rings. The van der Waals surface area contributed by atoms with Gasteiger partial charge in [0.15, 0.2) is 0 Å². The Balaban J connectivity index is 0.00000348. The van der Waals surface area contributed by atoms with E-state index >= 15 is 0 Å². The predicted octanol–water partition coefficient (Wildman–Crippen LogP) is -0.578. The van der Waals surface area contributed by atoms with Gasteiger partial charge in [0.25, 0.3) is 20.2 Å². The zero-order valence-electron chi connectivity index (χ0n) is 28.3. The van der Waals surface area contributed by atoms with Crippen molar-refractivity contribution in [3.05, 3.63) is 0 Å². The van der Waals surface area contributed by atoms with Crippen molar-refractivity contribution in [3.8, 4) is 0 Å². The molecule has 8 bridgehead atoms. The van der Waals surface area contributed by atoms with E-state index in [1.54, 1.807) is 0 Å². The molecule has 5 aliphatic heterocycles. The van der Waals surface area contributed by atoms with E-state index in [0.29, 0.717) is 41.9 Å². The monoisotopic (exact) mass is 922 g/mol. The van der Waals surface area contributed by atoms with E-state index in [1.165, 1.54) is 44.9 Å². The van der Waals surface area contributed by atoms with Crippen molar-refractivity contribution in [2.75, 3.05) is 0 Å². The van der Waals surface area contributed by atoms with Gasteiger partial charge in [-0.3, -0.25) is 51.6 Å².